The number of pyridine rings is 2. The van der Waals surface area contributed by atoms with E-state index in [0.717, 1.165) is 83.3 Å². The molecule has 0 unspecified atom stereocenters. The Morgan fingerprint density at radius 1 is 0.250 bits per heavy atom. The van der Waals surface area contributed by atoms with E-state index in [2.05, 4.69) is 127 Å². The maximum Gasteiger partial charge on any atom is 0.164 e. The molecule has 0 saturated carbocycles. The van der Waals surface area contributed by atoms with Gasteiger partial charge < -0.3 is 0 Å². The Bertz CT molecular complexity index is 2990. The van der Waals surface area contributed by atoms with Gasteiger partial charge in [0.05, 0.1) is 22.4 Å². The summed E-state index contributed by atoms with van der Waals surface area (Å²) in [5.74, 6) is 1.84. The molecule has 0 atom stereocenters. The Labute approximate surface area is 324 Å². The van der Waals surface area contributed by atoms with Gasteiger partial charge in [-0.25, -0.2) is 24.9 Å². The summed E-state index contributed by atoms with van der Waals surface area (Å²) in [6.07, 6.45) is 0. The lowest BCUT2D eigenvalue weighted by Gasteiger charge is -2.14. The fourth-order valence-electron chi connectivity index (χ4n) is 7.26. The molecule has 0 aliphatic heterocycles. The van der Waals surface area contributed by atoms with Crippen molar-refractivity contribution >= 4 is 21.8 Å². The summed E-state index contributed by atoms with van der Waals surface area (Å²) < 4.78 is 0. The maximum absolute atomic E-state index is 5.30. The fourth-order valence-corrected chi connectivity index (χ4v) is 7.26. The average molecular weight is 716 g/mol. The van der Waals surface area contributed by atoms with E-state index < -0.39 is 0 Å². The van der Waals surface area contributed by atoms with Gasteiger partial charge in [0, 0.05) is 38.6 Å². The summed E-state index contributed by atoms with van der Waals surface area (Å²) in [5.41, 5.74) is 12.7. The SMILES string of the molecule is c1ccc(-c2ccc(-c3nc(-c4ccccc4)nc(-c4cccc(-c5cc(-c6ccccc6)nc6c5ccc5ccc(-c7ccccc7)nc56)c4)n3)cc2)cc1. The molecule has 0 spiro atoms. The van der Waals surface area contributed by atoms with E-state index in [1.165, 1.54) is 0 Å². The normalized spacial score (nSPS) is 11.2. The molecule has 5 nitrogen and oxygen atoms in total. The second kappa shape index (κ2) is 14.3. The maximum atomic E-state index is 5.30. The molecular formula is C51H33N5. The summed E-state index contributed by atoms with van der Waals surface area (Å²) in [6, 6.07) is 68.7. The molecule has 56 heavy (non-hydrogen) atoms. The number of nitrogens with zero attached hydrogens (tertiary/aromatic N) is 5. The summed E-state index contributed by atoms with van der Waals surface area (Å²) >= 11 is 0. The van der Waals surface area contributed by atoms with Gasteiger partial charge in [0.1, 0.15) is 0 Å². The Hall–Kier alpha value is -7.63. The van der Waals surface area contributed by atoms with Crippen molar-refractivity contribution < 1.29 is 0 Å². The van der Waals surface area contributed by atoms with Gasteiger partial charge in [-0.05, 0) is 40.5 Å². The lowest BCUT2D eigenvalue weighted by Crippen LogP contribution is -2.00. The second-order valence-corrected chi connectivity index (χ2v) is 13.7. The van der Waals surface area contributed by atoms with Crippen molar-refractivity contribution in [1.82, 2.24) is 24.9 Å². The molecule has 5 heteroatoms. The zero-order valence-corrected chi connectivity index (χ0v) is 30.3. The van der Waals surface area contributed by atoms with Crippen LogP contribution in [-0.4, -0.2) is 24.9 Å². The highest BCUT2D eigenvalue weighted by Gasteiger charge is 2.17. The number of hydrogen-bond acceptors (Lipinski definition) is 5. The number of rotatable bonds is 7. The molecule has 0 saturated heterocycles. The standard InChI is InChI=1S/C51H33N5/c1-5-14-34(15-6-1)35-24-26-40(27-25-35)50-54-49(39-20-11-4-12-21-39)55-51(56-50)42-23-13-22-41(32-42)44-33-46(37-18-9-3-10-19-37)53-48-43(44)30-28-38-29-31-45(52-47(38)48)36-16-7-2-8-17-36/h1-33H. The summed E-state index contributed by atoms with van der Waals surface area (Å²) in [5, 5.41) is 2.06. The van der Waals surface area contributed by atoms with Crippen molar-refractivity contribution in [3.8, 4) is 78.9 Å². The lowest BCUT2D eigenvalue weighted by atomic mass is 9.95. The molecule has 0 amide bonds. The highest BCUT2D eigenvalue weighted by atomic mass is 15.0. The number of aromatic nitrogens is 5. The minimum absolute atomic E-state index is 0.601. The van der Waals surface area contributed by atoms with E-state index >= 15 is 0 Å². The second-order valence-electron chi connectivity index (χ2n) is 13.7. The quantitative estimate of drug-likeness (QED) is 0.154. The third-order valence-electron chi connectivity index (χ3n) is 10.1. The van der Waals surface area contributed by atoms with Gasteiger partial charge in [-0.3, -0.25) is 0 Å². The first-order chi connectivity index (χ1) is 27.7. The van der Waals surface area contributed by atoms with Gasteiger partial charge in [-0.1, -0.05) is 182 Å². The van der Waals surface area contributed by atoms with Crippen LogP contribution in [0.2, 0.25) is 0 Å². The first kappa shape index (κ1) is 33.0. The number of fused-ring (bicyclic) bond motifs is 3. The third-order valence-corrected chi connectivity index (χ3v) is 10.1. The van der Waals surface area contributed by atoms with Gasteiger partial charge in [0.25, 0.3) is 0 Å². The van der Waals surface area contributed by atoms with Gasteiger partial charge in [-0.15, -0.1) is 0 Å². The largest absolute Gasteiger partial charge is 0.245 e. The van der Waals surface area contributed by atoms with Gasteiger partial charge in [-0.2, -0.15) is 0 Å². The van der Waals surface area contributed by atoms with Crippen molar-refractivity contribution in [3.63, 3.8) is 0 Å². The van der Waals surface area contributed by atoms with Crippen LogP contribution in [0.3, 0.4) is 0 Å². The topological polar surface area (TPSA) is 64.5 Å². The number of hydrogen-bond donors (Lipinski definition) is 0. The molecule has 0 aliphatic rings. The average Bonchev–Trinajstić information content (AvgIpc) is 3.29. The first-order valence-corrected chi connectivity index (χ1v) is 18.7. The van der Waals surface area contributed by atoms with Crippen LogP contribution in [-0.2, 0) is 0 Å². The third kappa shape index (κ3) is 6.37. The van der Waals surface area contributed by atoms with Crippen LogP contribution in [0, 0.1) is 0 Å². The van der Waals surface area contributed by atoms with E-state index in [1.807, 2.05) is 72.8 Å². The van der Waals surface area contributed by atoms with E-state index in [4.69, 9.17) is 24.9 Å². The van der Waals surface area contributed by atoms with Crippen LogP contribution >= 0.6 is 0 Å². The molecule has 0 fully saturated rings. The first-order valence-electron chi connectivity index (χ1n) is 18.7. The van der Waals surface area contributed by atoms with E-state index in [-0.39, 0.29) is 0 Å². The van der Waals surface area contributed by atoms with Crippen LogP contribution in [0.1, 0.15) is 0 Å². The minimum Gasteiger partial charge on any atom is -0.245 e. The monoisotopic (exact) mass is 715 g/mol. The molecular weight excluding hydrogens is 683 g/mol. The van der Waals surface area contributed by atoms with Crippen molar-refractivity contribution in [2.75, 3.05) is 0 Å². The van der Waals surface area contributed by atoms with Crippen molar-refractivity contribution in [2.24, 2.45) is 0 Å². The molecule has 10 aromatic rings. The fraction of sp³-hybridized carbons (Fsp3) is 0. The Kier molecular flexibility index (Phi) is 8.43. The van der Waals surface area contributed by atoms with Crippen molar-refractivity contribution in [3.05, 3.63) is 200 Å². The minimum atomic E-state index is 0.601. The van der Waals surface area contributed by atoms with Crippen LogP contribution in [0.15, 0.2) is 200 Å². The smallest absolute Gasteiger partial charge is 0.164 e. The van der Waals surface area contributed by atoms with E-state index in [1.54, 1.807) is 0 Å². The molecule has 0 aliphatic carbocycles. The Morgan fingerprint density at radius 3 is 1.34 bits per heavy atom. The zero-order valence-electron chi connectivity index (χ0n) is 30.3. The van der Waals surface area contributed by atoms with Crippen LogP contribution < -0.4 is 0 Å². The van der Waals surface area contributed by atoms with Gasteiger partial charge >= 0.3 is 0 Å². The summed E-state index contributed by atoms with van der Waals surface area (Å²) in [4.78, 5) is 25.7. The molecule has 262 valence electrons. The lowest BCUT2D eigenvalue weighted by molar-refractivity contribution is 1.07. The molecule has 0 radical (unpaired) electrons. The van der Waals surface area contributed by atoms with Crippen LogP contribution in [0.4, 0.5) is 0 Å². The molecule has 0 bridgehead atoms. The molecule has 10 rings (SSSR count). The summed E-state index contributed by atoms with van der Waals surface area (Å²) in [7, 11) is 0. The van der Waals surface area contributed by atoms with Crippen molar-refractivity contribution in [2.45, 2.75) is 0 Å². The highest BCUT2D eigenvalue weighted by molar-refractivity contribution is 6.09. The summed E-state index contributed by atoms with van der Waals surface area (Å²) in [6.45, 7) is 0. The highest BCUT2D eigenvalue weighted by Crippen LogP contribution is 2.37. The van der Waals surface area contributed by atoms with E-state index in [9.17, 15) is 0 Å². The number of benzene rings is 7. The molecule has 3 aromatic heterocycles. The predicted octanol–water partition coefficient (Wildman–Crippen LogP) is 12.6. The van der Waals surface area contributed by atoms with Crippen molar-refractivity contribution in [1.29, 1.82) is 0 Å². The van der Waals surface area contributed by atoms with Gasteiger partial charge in [0.2, 0.25) is 0 Å². The Balaban J connectivity index is 1.14. The molecule has 3 heterocycles. The van der Waals surface area contributed by atoms with Gasteiger partial charge in [0.15, 0.2) is 17.5 Å². The molecule has 0 N–H and O–H groups in total. The molecule has 7 aromatic carbocycles. The predicted molar refractivity (Wildman–Crippen MR) is 228 cm³/mol. The van der Waals surface area contributed by atoms with Crippen LogP contribution in [0.25, 0.3) is 101 Å². The Morgan fingerprint density at radius 2 is 0.696 bits per heavy atom. The van der Waals surface area contributed by atoms with E-state index in [0.29, 0.717) is 17.5 Å². The van der Waals surface area contributed by atoms with Crippen LogP contribution in [0.5, 0.6) is 0 Å². The zero-order chi connectivity index (χ0) is 37.3.